The van der Waals surface area contributed by atoms with Crippen LogP contribution in [0.1, 0.15) is 32.1 Å². The smallest absolute Gasteiger partial charge is 0.294 e. The van der Waals surface area contributed by atoms with Crippen LogP contribution in [0.25, 0.3) is 0 Å². The van der Waals surface area contributed by atoms with Crippen LogP contribution < -0.4 is 21.3 Å². The van der Waals surface area contributed by atoms with Gasteiger partial charge in [-0.3, -0.25) is 19.9 Å². The monoisotopic (exact) mass is 430 g/mol. The average Bonchev–Trinajstić information content (AvgIpc) is 2.74. The average molecular weight is 431 g/mol. The molecule has 1 aromatic carbocycles. The summed E-state index contributed by atoms with van der Waals surface area (Å²) in [5, 5.41) is 21.1. The summed E-state index contributed by atoms with van der Waals surface area (Å²) in [6, 6.07) is 5.23. The van der Waals surface area contributed by atoms with Gasteiger partial charge in [0.1, 0.15) is 11.4 Å². The number of nitrogens with two attached hydrogens (primary N) is 2. The van der Waals surface area contributed by atoms with Crippen LogP contribution in [0.15, 0.2) is 28.2 Å². The molecule has 1 saturated carbocycles. The number of piperazine rings is 1. The molecule has 0 bridgehead atoms. The number of aliphatic hydroxyl groups excluding tert-OH is 1. The molecule has 0 aromatic heterocycles. The number of rotatable bonds is 5. The van der Waals surface area contributed by atoms with E-state index in [-0.39, 0.29) is 29.1 Å². The summed E-state index contributed by atoms with van der Waals surface area (Å²) in [6.07, 6.45) is 4.62. The highest BCUT2D eigenvalue weighted by Gasteiger charge is 2.43. The molecule has 3 aliphatic rings. The Morgan fingerprint density at radius 1 is 1.13 bits per heavy atom. The van der Waals surface area contributed by atoms with E-state index in [0.29, 0.717) is 31.0 Å². The lowest BCUT2D eigenvalue weighted by molar-refractivity contribution is -0.384. The zero-order valence-electron chi connectivity index (χ0n) is 17.6. The molecule has 2 fully saturated rings. The third-order valence-electron chi connectivity index (χ3n) is 6.39. The molecule has 2 aliphatic heterocycles. The molecule has 0 amide bonds. The largest absolute Gasteiger partial charge is 0.395 e. The number of nitro groups is 1. The van der Waals surface area contributed by atoms with Gasteiger partial charge >= 0.3 is 0 Å². The molecule has 168 valence electrons. The molecule has 11 heteroatoms. The van der Waals surface area contributed by atoms with Gasteiger partial charge in [-0.05, 0) is 37.8 Å². The van der Waals surface area contributed by atoms with Gasteiger partial charge in [0, 0.05) is 38.8 Å². The number of guanidine groups is 2. The molecule has 11 nitrogen and oxygen atoms in total. The van der Waals surface area contributed by atoms with Crippen molar-refractivity contribution in [1.82, 2.24) is 4.90 Å². The summed E-state index contributed by atoms with van der Waals surface area (Å²) < 4.78 is 0. The first-order chi connectivity index (χ1) is 14.9. The summed E-state index contributed by atoms with van der Waals surface area (Å²) in [5.41, 5.74) is 12.8. The molecule has 1 aliphatic carbocycles. The van der Waals surface area contributed by atoms with Crippen LogP contribution in [0, 0.1) is 10.1 Å². The van der Waals surface area contributed by atoms with E-state index in [4.69, 9.17) is 16.6 Å². The Balaban J connectivity index is 1.66. The fourth-order valence-electron chi connectivity index (χ4n) is 4.91. The predicted octanol–water partition coefficient (Wildman–Crippen LogP) is 0.819. The Bertz CT molecular complexity index is 888. The fourth-order valence-corrected chi connectivity index (χ4v) is 4.91. The van der Waals surface area contributed by atoms with Crippen molar-refractivity contribution in [2.45, 2.75) is 37.8 Å². The SMILES string of the molecule is NC1=NC2(CCCCC2)N(c2ccc(N3CCN(CCO)CC3)c([N+](=O)[O-])c2)C(N)=N1. The maximum Gasteiger partial charge on any atom is 0.294 e. The summed E-state index contributed by atoms with van der Waals surface area (Å²) >= 11 is 0. The minimum atomic E-state index is -0.639. The van der Waals surface area contributed by atoms with E-state index in [1.165, 1.54) is 0 Å². The van der Waals surface area contributed by atoms with E-state index >= 15 is 0 Å². The Kier molecular flexibility index (Phi) is 5.96. The summed E-state index contributed by atoms with van der Waals surface area (Å²) in [5.74, 6) is 0.372. The zero-order valence-corrected chi connectivity index (χ0v) is 17.6. The number of aliphatic imine (C=N–C) groups is 2. The highest BCUT2D eigenvalue weighted by molar-refractivity contribution is 6.06. The van der Waals surface area contributed by atoms with Crippen LogP contribution in [-0.2, 0) is 0 Å². The standard InChI is InChI=1S/C20H30N8O3/c21-18-23-19(22)27(20(24-18)6-2-1-3-7-20)15-4-5-16(17(14-15)28(30)31)26-10-8-25(9-11-26)12-13-29/h4-5,14,29H,1-3,6-13H2,(H4,21,22,23,24). The van der Waals surface area contributed by atoms with Crippen molar-refractivity contribution in [3.8, 4) is 0 Å². The fraction of sp³-hybridized carbons (Fsp3) is 0.600. The highest BCUT2D eigenvalue weighted by atomic mass is 16.6. The number of hydrogen-bond donors (Lipinski definition) is 3. The first-order valence-corrected chi connectivity index (χ1v) is 10.8. The summed E-state index contributed by atoms with van der Waals surface area (Å²) in [7, 11) is 0. The molecule has 31 heavy (non-hydrogen) atoms. The van der Waals surface area contributed by atoms with Gasteiger partial charge in [0.15, 0.2) is 0 Å². The number of anilines is 2. The van der Waals surface area contributed by atoms with Gasteiger partial charge in [-0.1, -0.05) is 6.42 Å². The second-order valence-corrected chi connectivity index (χ2v) is 8.30. The number of benzene rings is 1. The second-order valence-electron chi connectivity index (χ2n) is 8.30. The Morgan fingerprint density at radius 2 is 1.84 bits per heavy atom. The minimum absolute atomic E-state index is 0.0365. The molecule has 0 atom stereocenters. The number of β-amino-alcohol motifs (C(OH)–C–C–N with tert-alkyl or cyclic N) is 1. The van der Waals surface area contributed by atoms with Crippen molar-refractivity contribution in [1.29, 1.82) is 0 Å². The van der Waals surface area contributed by atoms with Gasteiger partial charge in [-0.2, -0.15) is 4.99 Å². The maximum atomic E-state index is 12.0. The van der Waals surface area contributed by atoms with Crippen LogP contribution in [0.5, 0.6) is 0 Å². The normalized spacial score (nSPS) is 21.7. The maximum absolute atomic E-state index is 12.0. The van der Waals surface area contributed by atoms with Crippen LogP contribution in [-0.4, -0.2) is 71.8 Å². The van der Waals surface area contributed by atoms with Gasteiger partial charge < -0.3 is 21.5 Å². The van der Waals surface area contributed by atoms with Gasteiger partial charge in [0.2, 0.25) is 11.9 Å². The van der Waals surface area contributed by atoms with Gasteiger partial charge in [0.25, 0.3) is 5.69 Å². The van der Waals surface area contributed by atoms with Crippen LogP contribution >= 0.6 is 0 Å². The Morgan fingerprint density at radius 3 is 2.48 bits per heavy atom. The Labute approximate surface area is 181 Å². The van der Waals surface area contributed by atoms with E-state index < -0.39 is 5.66 Å². The van der Waals surface area contributed by atoms with Crippen molar-refractivity contribution in [3.63, 3.8) is 0 Å². The molecular weight excluding hydrogens is 400 g/mol. The molecular formula is C20H30N8O3. The van der Waals surface area contributed by atoms with Crippen LogP contribution in [0.4, 0.5) is 17.1 Å². The molecule has 4 rings (SSSR count). The lowest BCUT2D eigenvalue weighted by atomic mass is 9.87. The lowest BCUT2D eigenvalue weighted by Gasteiger charge is -2.45. The zero-order chi connectivity index (χ0) is 22.0. The van der Waals surface area contributed by atoms with Crippen LogP contribution in [0.2, 0.25) is 0 Å². The van der Waals surface area contributed by atoms with Gasteiger partial charge in [-0.25, -0.2) is 4.99 Å². The Hall–Kier alpha value is -2.92. The molecule has 1 aromatic rings. The number of hydrogen-bond acceptors (Lipinski definition) is 10. The predicted molar refractivity (Wildman–Crippen MR) is 120 cm³/mol. The number of aliphatic hydroxyl groups is 1. The molecule has 2 heterocycles. The molecule has 0 unspecified atom stereocenters. The summed E-state index contributed by atoms with van der Waals surface area (Å²) in [4.78, 5) is 26.4. The molecule has 5 N–H and O–H groups in total. The molecule has 1 saturated heterocycles. The highest BCUT2D eigenvalue weighted by Crippen LogP contribution is 2.42. The van der Waals surface area contributed by atoms with Crippen molar-refractivity contribution >= 4 is 29.0 Å². The quantitative estimate of drug-likeness (QED) is 0.459. The van der Waals surface area contributed by atoms with E-state index in [1.54, 1.807) is 12.1 Å². The van der Waals surface area contributed by atoms with Gasteiger partial charge in [-0.15, -0.1) is 0 Å². The first kappa shape index (κ1) is 21.3. The second kappa shape index (κ2) is 8.67. The third-order valence-corrected chi connectivity index (χ3v) is 6.39. The van der Waals surface area contributed by atoms with Gasteiger partial charge in [0.05, 0.1) is 17.2 Å². The molecule has 1 spiro atoms. The van der Waals surface area contributed by atoms with Crippen molar-refractivity contribution in [2.75, 3.05) is 49.1 Å². The van der Waals surface area contributed by atoms with Crippen molar-refractivity contribution in [3.05, 3.63) is 28.3 Å². The van der Waals surface area contributed by atoms with E-state index in [2.05, 4.69) is 14.9 Å². The summed E-state index contributed by atoms with van der Waals surface area (Å²) in [6.45, 7) is 3.57. The minimum Gasteiger partial charge on any atom is -0.395 e. The molecule has 0 radical (unpaired) electrons. The van der Waals surface area contributed by atoms with Crippen molar-refractivity contribution in [2.24, 2.45) is 21.5 Å². The van der Waals surface area contributed by atoms with E-state index in [9.17, 15) is 10.1 Å². The number of nitrogens with zero attached hydrogens (tertiary/aromatic N) is 6. The topological polar surface area (TPSA) is 150 Å². The van der Waals surface area contributed by atoms with Crippen LogP contribution in [0.3, 0.4) is 0 Å². The number of nitro benzene ring substituents is 1. The van der Waals surface area contributed by atoms with Crippen molar-refractivity contribution < 1.29 is 10.0 Å². The van der Waals surface area contributed by atoms with E-state index in [0.717, 1.165) is 45.2 Å². The third kappa shape index (κ3) is 4.15. The lowest BCUT2D eigenvalue weighted by Crippen LogP contribution is -2.58. The first-order valence-electron chi connectivity index (χ1n) is 10.8. The van der Waals surface area contributed by atoms with E-state index in [1.807, 2.05) is 15.9 Å².